The number of anilines is 1. The molecular weight excluding hydrogens is 554 g/mol. The van der Waals surface area contributed by atoms with Crippen LogP contribution in [-0.4, -0.2) is 81.1 Å². The van der Waals surface area contributed by atoms with Gasteiger partial charge in [0.05, 0.1) is 5.69 Å². The molecule has 37 heavy (non-hydrogen) atoms. The van der Waals surface area contributed by atoms with Gasteiger partial charge in [-0.2, -0.15) is 0 Å². The number of hydrogen-bond donors (Lipinski definition) is 1. The zero-order chi connectivity index (χ0) is 26.3. The topological polar surface area (TPSA) is 110 Å². The van der Waals surface area contributed by atoms with Gasteiger partial charge < -0.3 is 19.6 Å². The van der Waals surface area contributed by atoms with E-state index >= 15 is 0 Å². The second-order valence-corrected chi connectivity index (χ2v) is 17.8. The van der Waals surface area contributed by atoms with Crippen molar-refractivity contribution < 1.29 is 14.6 Å². The first-order valence-electron chi connectivity index (χ1n) is 12.8. The van der Waals surface area contributed by atoms with Crippen molar-refractivity contribution in [1.29, 1.82) is 0 Å². The third-order valence-electron chi connectivity index (χ3n) is 7.59. The van der Waals surface area contributed by atoms with Crippen LogP contribution >= 0.6 is 15.9 Å². The van der Waals surface area contributed by atoms with Crippen molar-refractivity contribution >= 4 is 46.9 Å². The minimum absolute atomic E-state index is 0.0905. The second kappa shape index (κ2) is 10.3. The number of carbonyl (C=O) groups is 1. The molecule has 2 aromatic heterocycles. The Morgan fingerprint density at radius 2 is 1.86 bits per heavy atom. The summed E-state index contributed by atoms with van der Waals surface area (Å²) in [6.07, 6.45) is 2.72. The summed E-state index contributed by atoms with van der Waals surface area (Å²) in [5.41, 5.74) is 3.25. The monoisotopic (exact) mass is 587 g/mol. The molecule has 4 heterocycles. The Labute approximate surface area is 226 Å². The standard InChI is InChI=1S/C25H34BrN7O3Si/c1-31(18-13-16-5-6-17(14-18)33(16)25(34)35)22-10-9-21(27-28-22)19-7-8-20(26)23-24(19)32(30-29-23)15-36-11-12-37(2,3)4/h7-10,16-18H,5-6,11-15H2,1-4H3,(H,34,35)/t16-,17+,18-. The van der Waals surface area contributed by atoms with Crippen LogP contribution in [0.15, 0.2) is 28.7 Å². The van der Waals surface area contributed by atoms with Crippen molar-refractivity contribution in [3.63, 3.8) is 0 Å². The Morgan fingerprint density at radius 3 is 2.49 bits per heavy atom. The molecular formula is C25H34BrN7O3Si. The van der Waals surface area contributed by atoms with Gasteiger partial charge in [-0.15, -0.1) is 15.3 Å². The van der Waals surface area contributed by atoms with Crippen molar-refractivity contribution in [2.45, 2.75) is 76.2 Å². The molecule has 5 rings (SSSR count). The molecule has 0 unspecified atom stereocenters. The van der Waals surface area contributed by atoms with E-state index in [-0.39, 0.29) is 18.1 Å². The van der Waals surface area contributed by atoms with E-state index in [1.807, 2.05) is 31.3 Å². The summed E-state index contributed by atoms with van der Waals surface area (Å²) < 4.78 is 8.60. The highest BCUT2D eigenvalue weighted by Gasteiger charge is 2.44. The van der Waals surface area contributed by atoms with Crippen molar-refractivity contribution in [1.82, 2.24) is 30.1 Å². The van der Waals surface area contributed by atoms with E-state index in [1.54, 1.807) is 9.58 Å². The number of hydrogen-bond acceptors (Lipinski definition) is 7. The largest absolute Gasteiger partial charge is 0.465 e. The lowest BCUT2D eigenvalue weighted by Crippen LogP contribution is -2.51. The maximum atomic E-state index is 11.6. The molecule has 10 nitrogen and oxygen atoms in total. The van der Waals surface area contributed by atoms with Crippen LogP contribution in [0.1, 0.15) is 25.7 Å². The van der Waals surface area contributed by atoms with E-state index in [0.717, 1.165) is 64.3 Å². The van der Waals surface area contributed by atoms with Gasteiger partial charge in [-0.1, -0.05) is 24.9 Å². The van der Waals surface area contributed by atoms with Crippen LogP contribution in [0.3, 0.4) is 0 Å². The molecule has 1 N–H and O–H groups in total. The van der Waals surface area contributed by atoms with Crippen LogP contribution in [0.2, 0.25) is 25.7 Å². The van der Waals surface area contributed by atoms with Gasteiger partial charge >= 0.3 is 6.09 Å². The Bertz CT molecular complexity index is 1270. The van der Waals surface area contributed by atoms with Crippen LogP contribution in [0, 0.1) is 0 Å². The van der Waals surface area contributed by atoms with Gasteiger partial charge in [0.1, 0.15) is 17.8 Å². The quantitative estimate of drug-likeness (QED) is 0.287. The predicted octanol–water partition coefficient (Wildman–Crippen LogP) is 5.07. The summed E-state index contributed by atoms with van der Waals surface area (Å²) in [6.45, 7) is 8.03. The van der Waals surface area contributed by atoms with Gasteiger partial charge in [-0.25, -0.2) is 9.48 Å². The molecule has 0 spiro atoms. The van der Waals surface area contributed by atoms with Gasteiger partial charge in [0.25, 0.3) is 0 Å². The molecule has 0 radical (unpaired) electrons. The maximum Gasteiger partial charge on any atom is 0.407 e. The number of carboxylic acid groups (broad SMARTS) is 1. The average Bonchev–Trinajstić information content (AvgIpc) is 3.40. The van der Waals surface area contributed by atoms with E-state index in [9.17, 15) is 9.90 Å². The molecule has 1 aromatic carbocycles. The third kappa shape index (κ3) is 5.37. The Balaban J connectivity index is 1.34. The maximum absolute atomic E-state index is 11.6. The predicted molar refractivity (Wildman–Crippen MR) is 148 cm³/mol. The normalized spacial score (nSPS) is 21.5. The number of aromatic nitrogens is 5. The van der Waals surface area contributed by atoms with E-state index in [0.29, 0.717) is 13.3 Å². The summed E-state index contributed by atoms with van der Waals surface area (Å²) in [6, 6.07) is 9.43. The smallest absolute Gasteiger partial charge is 0.407 e. The molecule has 1 amide bonds. The van der Waals surface area contributed by atoms with Gasteiger partial charge in [-0.3, -0.25) is 0 Å². The number of rotatable bonds is 8. The fraction of sp³-hybridized carbons (Fsp3) is 0.560. The third-order valence-corrected chi connectivity index (χ3v) is 9.93. The van der Waals surface area contributed by atoms with Gasteiger partial charge in [0, 0.05) is 49.9 Å². The summed E-state index contributed by atoms with van der Waals surface area (Å²) in [5, 5.41) is 27.4. The number of piperidine rings is 1. The molecule has 2 aliphatic heterocycles. The number of halogens is 1. The van der Waals surface area contributed by atoms with Crippen LogP contribution < -0.4 is 4.90 Å². The fourth-order valence-electron chi connectivity index (χ4n) is 5.50. The molecule has 3 atom stereocenters. The van der Waals surface area contributed by atoms with Gasteiger partial charge in [0.2, 0.25) is 0 Å². The van der Waals surface area contributed by atoms with Crippen LogP contribution in [0.4, 0.5) is 10.6 Å². The van der Waals surface area contributed by atoms with Crippen LogP contribution in [0.25, 0.3) is 22.3 Å². The number of ether oxygens (including phenoxy) is 1. The minimum Gasteiger partial charge on any atom is -0.465 e. The average molecular weight is 589 g/mol. The van der Waals surface area contributed by atoms with Crippen molar-refractivity contribution in [3.05, 3.63) is 28.7 Å². The summed E-state index contributed by atoms with van der Waals surface area (Å²) in [5.74, 6) is 0.784. The highest BCUT2D eigenvalue weighted by Crippen LogP contribution is 2.38. The number of nitrogens with zero attached hydrogens (tertiary/aromatic N) is 7. The van der Waals surface area contributed by atoms with Crippen LogP contribution in [-0.2, 0) is 11.5 Å². The lowest BCUT2D eigenvalue weighted by atomic mass is 9.96. The Morgan fingerprint density at radius 1 is 1.14 bits per heavy atom. The minimum atomic E-state index is -1.17. The second-order valence-electron chi connectivity index (χ2n) is 11.3. The van der Waals surface area contributed by atoms with Crippen molar-refractivity contribution in [2.24, 2.45) is 0 Å². The fourth-order valence-corrected chi connectivity index (χ4v) is 6.66. The number of benzene rings is 1. The van der Waals surface area contributed by atoms with Crippen molar-refractivity contribution in [2.75, 3.05) is 18.6 Å². The first kappa shape index (κ1) is 26.1. The van der Waals surface area contributed by atoms with E-state index in [1.165, 1.54) is 0 Å². The first-order chi connectivity index (χ1) is 17.6. The lowest BCUT2D eigenvalue weighted by molar-refractivity contribution is 0.0803. The van der Waals surface area contributed by atoms with Gasteiger partial charge in [-0.05, 0) is 71.9 Å². The molecule has 2 bridgehead atoms. The number of fused-ring (bicyclic) bond motifs is 3. The molecule has 2 saturated heterocycles. The van der Waals surface area contributed by atoms with E-state index in [2.05, 4.69) is 61.0 Å². The van der Waals surface area contributed by atoms with E-state index < -0.39 is 14.2 Å². The Kier molecular flexibility index (Phi) is 7.25. The van der Waals surface area contributed by atoms with Gasteiger partial charge in [0.15, 0.2) is 5.82 Å². The Hall–Kier alpha value is -2.57. The molecule has 3 aromatic rings. The summed E-state index contributed by atoms with van der Waals surface area (Å²) in [7, 11) is 0.852. The lowest BCUT2D eigenvalue weighted by Gasteiger charge is -2.41. The van der Waals surface area contributed by atoms with Crippen molar-refractivity contribution in [3.8, 4) is 11.3 Å². The summed E-state index contributed by atoms with van der Waals surface area (Å²) >= 11 is 3.59. The molecule has 0 saturated carbocycles. The molecule has 2 aliphatic rings. The molecule has 12 heteroatoms. The SMILES string of the molecule is CN(c1ccc(-c2ccc(Br)c3nnn(COCC[Si](C)(C)C)c23)nn1)[C@@H]1C[C@H]2CC[C@@H](C1)N2C(=O)O. The molecule has 2 fully saturated rings. The van der Waals surface area contributed by atoms with E-state index in [4.69, 9.17) is 4.74 Å². The first-order valence-corrected chi connectivity index (χ1v) is 17.3. The highest BCUT2D eigenvalue weighted by atomic mass is 79.9. The zero-order valence-electron chi connectivity index (χ0n) is 21.8. The highest BCUT2D eigenvalue weighted by molar-refractivity contribution is 9.10. The van der Waals surface area contributed by atoms with Crippen LogP contribution in [0.5, 0.6) is 0 Å². The molecule has 198 valence electrons. The summed E-state index contributed by atoms with van der Waals surface area (Å²) in [4.78, 5) is 15.4. The number of amides is 1. The zero-order valence-corrected chi connectivity index (χ0v) is 24.3. The molecule has 0 aliphatic carbocycles.